The maximum atomic E-state index is 13.4. The van der Waals surface area contributed by atoms with E-state index < -0.39 is 35.6 Å². The number of halogens is 2. The molecule has 1 heterocycles. The molecule has 2 N–H and O–H groups in total. The summed E-state index contributed by atoms with van der Waals surface area (Å²) in [6.07, 6.45) is -1.61. The topological polar surface area (TPSA) is 86.7 Å². The minimum atomic E-state index is -1.61. The van der Waals surface area contributed by atoms with Gasteiger partial charge < -0.3 is 10.4 Å². The van der Waals surface area contributed by atoms with Crippen LogP contribution in [-0.2, 0) is 4.79 Å². The van der Waals surface area contributed by atoms with E-state index in [0.717, 1.165) is 18.2 Å². The molecule has 0 bridgehead atoms. The van der Waals surface area contributed by atoms with Gasteiger partial charge in [-0.3, -0.25) is 4.79 Å². The summed E-state index contributed by atoms with van der Waals surface area (Å²) in [4.78, 5) is 35.4. The Morgan fingerprint density at radius 2 is 1.91 bits per heavy atom. The number of rotatable bonds is 2. The van der Waals surface area contributed by atoms with Crippen molar-refractivity contribution in [3.8, 4) is 0 Å². The average molecular weight is 310 g/mol. The Kier molecular flexibility index (Phi) is 3.94. The van der Waals surface area contributed by atoms with Crippen LogP contribution in [0.5, 0.6) is 0 Å². The Morgan fingerprint density at radius 3 is 2.41 bits per heavy atom. The summed E-state index contributed by atoms with van der Waals surface area (Å²) in [5, 5.41) is 11.5. The number of hydrogen-bond donors (Lipinski definition) is 2. The monoisotopic (exact) mass is 310 g/mol. The molecule has 1 aromatic rings. The van der Waals surface area contributed by atoms with Crippen molar-refractivity contribution in [2.45, 2.75) is 19.9 Å². The fourth-order valence-electron chi connectivity index (χ4n) is 2.39. The van der Waals surface area contributed by atoms with E-state index in [-0.39, 0.29) is 16.8 Å². The van der Waals surface area contributed by atoms with Gasteiger partial charge in [-0.25, -0.2) is 23.3 Å². The first-order chi connectivity index (χ1) is 10.2. The third-order valence-electron chi connectivity index (χ3n) is 3.29. The highest BCUT2D eigenvalue weighted by molar-refractivity contribution is 6.02. The van der Waals surface area contributed by atoms with Crippen LogP contribution in [0.4, 0.5) is 18.4 Å². The number of imide groups is 1. The van der Waals surface area contributed by atoms with Crippen LogP contribution in [-0.4, -0.2) is 27.9 Å². The molecule has 0 saturated heterocycles. The molecule has 2 rings (SSSR count). The first kappa shape index (κ1) is 15.6. The van der Waals surface area contributed by atoms with Crippen LogP contribution >= 0.6 is 0 Å². The van der Waals surface area contributed by atoms with E-state index in [1.54, 1.807) is 0 Å². The van der Waals surface area contributed by atoms with Crippen molar-refractivity contribution in [2.24, 2.45) is 0 Å². The van der Waals surface area contributed by atoms with Crippen molar-refractivity contribution in [3.63, 3.8) is 0 Å². The van der Waals surface area contributed by atoms with Crippen molar-refractivity contribution in [1.82, 2.24) is 10.2 Å². The maximum absolute atomic E-state index is 13.4. The van der Waals surface area contributed by atoms with Gasteiger partial charge in [0.2, 0.25) is 0 Å². The minimum Gasteiger partial charge on any atom is -0.465 e. The summed E-state index contributed by atoms with van der Waals surface area (Å²) >= 11 is 0. The molecule has 0 fully saturated rings. The highest BCUT2D eigenvalue weighted by Gasteiger charge is 2.40. The highest BCUT2D eigenvalue weighted by atomic mass is 19.2. The average Bonchev–Trinajstić information content (AvgIpc) is 2.39. The summed E-state index contributed by atoms with van der Waals surface area (Å²) in [6.45, 7) is 2.63. The van der Waals surface area contributed by atoms with Crippen LogP contribution < -0.4 is 5.32 Å². The van der Waals surface area contributed by atoms with E-state index in [9.17, 15) is 28.3 Å². The second-order valence-corrected chi connectivity index (χ2v) is 4.75. The van der Waals surface area contributed by atoms with Crippen LogP contribution in [0.25, 0.3) is 0 Å². The summed E-state index contributed by atoms with van der Waals surface area (Å²) in [6, 6.07) is 0.409. The third kappa shape index (κ3) is 2.54. The largest absolute Gasteiger partial charge is 0.465 e. The number of amides is 3. The molecule has 1 atom stereocenters. The SMILES string of the molecule is CC(=O)C1=C(C)NC(=O)N(C(=O)O)C1c1ccc(F)c(F)c1. The standard InChI is InChI=1S/C14H12F2N2O4/c1-6-11(7(2)19)12(18(14(21)22)13(20)17-6)8-3-4-9(15)10(16)5-8/h3-5,12H,1-2H3,(H,17,20)(H,21,22). The quantitative estimate of drug-likeness (QED) is 0.879. The van der Waals surface area contributed by atoms with Crippen LogP contribution in [0, 0.1) is 11.6 Å². The van der Waals surface area contributed by atoms with Crippen molar-refractivity contribution in [3.05, 3.63) is 46.7 Å². The Labute approximate surface area is 124 Å². The number of hydrogen-bond acceptors (Lipinski definition) is 3. The number of ketones is 1. The van der Waals surface area contributed by atoms with Crippen LogP contribution in [0.3, 0.4) is 0 Å². The number of nitrogens with zero attached hydrogens (tertiary/aromatic N) is 1. The molecule has 1 aliphatic rings. The molecule has 1 aromatic carbocycles. The number of nitrogens with one attached hydrogen (secondary N) is 1. The smallest absolute Gasteiger partial charge is 0.416 e. The van der Waals surface area contributed by atoms with Gasteiger partial charge in [0.05, 0.1) is 0 Å². The molecule has 1 aliphatic heterocycles. The van der Waals surface area contributed by atoms with Crippen LogP contribution in [0.2, 0.25) is 0 Å². The number of carbonyl (C=O) groups is 3. The molecule has 0 radical (unpaired) electrons. The van der Waals surface area contributed by atoms with Gasteiger partial charge in [-0.1, -0.05) is 6.07 Å². The van der Waals surface area contributed by atoms with Gasteiger partial charge in [0.15, 0.2) is 17.4 Å². The second kappa shape index (κ2) is 5.55. The number of carbonyl (C=O) groups excluding carboxylic acids is 2. The van der Waals surface area contributed by atoms with Crippen molar-refractivity contribution >= 4 is 17.9 Å². The Hall–Kier alpha value is -2.77. The Bertz CT molecular complexity index is 715. The zero-order valence-electron chi connectivity index (χ0n) is 11.7. The first-order valence-corrected chi connectivity index (χ1v) is 6.23. The molecule has 1 unspecified atom stereocenters. The fourth-order valence-corrected chi connectivity index (χ4v) is 2.39. The summed E-state index contributed by atoms with van der Waals surface area (Å²) in [7, 11) is 0. The molecule has 0 spiro atoms. The molecule has 0 saturated carbocycles. The zero-order chi connectivity index (χ0) is 16.6. The summed E-state index contributed by atoms with van der Waals surface area (Å²) in [5.74, 6) is -2.80. The van der Waals surface area contributed by atoms with Gasteiger partial charge in [0.25, 0.3) is 0 Å². The molecule has 6 nitrogen and oxygen atoms in total. The number of carboxylic acid groups (broad SMARTS) is 1. The second-order valence-electron chi connectivity index (χ2n) is 4.75. The predicted molar refractivity (Wildman–Crippen MR) is 70.9 cm³/mol. The van der Waals surface area contributed by atoms with Gasteiger partial charge >= 0.3 is 12.1 Å². The molecule has 116 valence electrons. The molecule has 8 heteroatoms. The van der Waals surface area contributed by atoms with Gasteiger partial charge in [-0.15, -0.1) is 0 Å². The predicted octanol–water partition coefficient (Wildman–Crippen LogP) is 2.57. The van der Waals surface area contributed by atoms with Crippen molar-refractivity contribution in [1.29, 1.82) is 0 Å². The zero-order valence-corrected chi connectivity index (χ0v) is 11.7. The molecule has 0 aliphatic carbocycles. The lowest BCUT2D eigenvalue weighted by molar-refractivity contribution is -0.114. The lowest BCUT2D eigenvalue weighted by Crippen LogP contribution is -2.50. The summed E-state index contributed by atoms with van der Waals surface area (Å²) < 4.78 is 26.5. The highest BCUT2D eigenvalue weighted by Crippen LogP contribution is 2.34. The Balaban J connectivity index is 2.69. The van der Waals surface area contributed by atoms with E-state index >= 15 is 0 Å². The first-order valence-electron chi connectivity index (χ1n) is 6.23. The number of allylic oxidation sites excluding steroid dienone is 1. The minimum absolute atomic E-state index is 0.00647. The lowest BCUT2D eigenvalue weighted by atomic mass is 9.91. The van der Waals surface area contributed by atoms with E-state index in [2.05, 4.69) is 5.32 Å². The summed E-state index contributed by atoms with van der Waals surface area (Å²) in [5.41, 5.74) is 0.151. The van der Waals surface area contributed by atoms with E-state index in [0.29, 0.717) is 4.90 Å². The Morgan fingerprint density at radius 1 is 1.27 bits per heavy atom. The van der Waals surface area contributed by atoms with E-state index in [4.69, 9.17) is 0 Å². The molecular weight excluding hydrogens is 298 g/mol. The molecule has 0 aromatic heterocycles. The van der Waals surface area contributed by atoms with Crippen LogP contribution in [0.1, 0.15) is 25.5 Å². The molecule has 3 amide bonds. The lowest BCUT2D eigenvalue weighted by Gasteiger charge is -2.34. The van der Waals surface area contributed by atoms with Gasteiger partial charge in [-0.05, 0) is 31.5 Å². The fraction of sp³-hybridized carbons (Fsp3) is 0.214. The van der Waals surface area contributed by atoms with Crippen molar-refractivity contribution in [2.75, 3.05) is 0 Å². The molecular formula is C14H12F2N2O4. The van der Waals surface area contributed by atoms with E-state index in [1.165, 1.54) is 13.8 Å². The number of benzene rings is 1. The third-order valence-corrected chi connectivity index (χ3v) is 3.29. The normalized spacial score (nSPS) is 18.3. The van der Waals surface area contributed by atoms with Crippen molar-refractivity contribution < 1.29 is 28.3 Å². The molecule has 22 heavy (non-hydrogen) atoms. The number of Topliss-reactive ketones (excluding diaryl/α,β-unsaturated/α-hetero) is 1. The van der Waals surface area contributed by atoms with Gasteiger partial charge in [0, 0.05) is 11.3 Å². The van der Waals surface area contributed by atoms with Gasteiger partial charge in [-0.2, -0.15) is 0 Å². The van der Waals surface area contributed by atoms with Gasteiger partial charge in [0.1, 0.15) is 6.04 Å². The number of urea groups is 1. The van der Waals surface area contributed by atoms with E-state index in [1.807, 2.05) is 0 Å². The van der Waals surface area contributed by atoms with Crippen LogP contribution in [0.15, 0.2) is 29.5 Å². The maximum Gasteiger partial charge on any atom is 0.416 e.